The molecule has 3 aliphatic rings. The number of hydrogen-bond donors (Lipinski definition) is 0. The van der Waals surface area contributed by atoms with E-state index in [4.69, 9.17) is 16.3 Å². The summed E-state index contributed by atoms with van der Waals surface area (Å²) in [5.41, 5.74) is 1.69. The number of esters is 1. The van der Waals surface area contributed by atoms with E-state index < -0.39 is 23.6 Å². The minimum Gasteiger partial charge on any atom is -0.462 e. The lowest BCUT2D eigenvalue weighted by atomic mass is 9.80. The summed E-state index contributed by atoms with van der Waals surface area (Å²) in [4.78, 5) is 52.4. The van der Waals surface area contributed by atoms with Gasteiger partial charge in [0.2, 0.25) is 0 Å². The van der Waals surface area contributed by atoms with Crippen LogP contribution in [-0.2, 0) is 9.53 Å². The van der Waals surface area contributed by atoms with Gasteiger partial charge in [-0.2, -0.15) is 0 Å². The summed E-state index contributed by atoms with van der Waals surface area (Å²) < 4.78 is 5.07. The lowest BCUT2D eigenvalue weighted by molar-refractivity contribution is -0.138. The Morgan fingerprint density at radius 3 is 2.29 bits per heavy atom. The topological polar surface area (TPSA) is 80.8 Å². The fourth-order valence-corrected chi connectivity index (χ4v) is 4.59. The van der Waals surface area contributed by atoms with Crippen LogP contribution >= 0.6 is 11.6 Å². The van der Waals surface area contributed by atoms with Crippen LogP contribution in [0.5, 0.6) is 0 Å². The van der Waals surface area contributed by atoms with Crippen LogP contribution in [0.15, 0.2) is 48.0 Å². The Morgan fingerprint density at radius 2 is 1.71 bits per heavy atom. The van der Waals surface area contributed by atoms with Gasteiger partial charge in [-0.15, -0.1) is 0 Å². The van der Waals surface area contributed by atoms with Crippen molar-refractivity contribution in [1.82, 2.24) is 0 Å². The zero-order valence-electron chi connectivity index (χ0n) is 16.7. The quantitative estimate of drug-likeness (QED) is 0.406. The Kier molecular flexibility index (Phi) is 4.55. The van der Waals surface area contributed by atoms with Crippen molar-refractivity contribution in [3.05, 3.63) is 75.3 Å². The highest BCUT2D eigenvalue weighted by Crippen LogP contribution is 2.49. The molecule has 0 bridgehead atoms. The van der Waals surface area contributed by atoms with Crippen molar-refractivity contribution in [2.75, 3.05) is 11.5 Å². The summed E-state index contributed by atoms with van der Waals surface area (Å²) in [5, 5.41) is 0.208. The number of anilines is 1. The second kappa shape index (κ2) is 7.17. The first kappa shape index (κ1) is 19.7. The molecule has 0 aromatic heterocycles. The van der Waals surface area contributed by atoms with Gasteiger partial charge in [0, 0.05) is 11.5 Å². The maximum absolute atomic E-state index is 13.2. The van der Waals surface area contributed by atoms with Crippen LogP contribution in [-0.4, -0.2) is 30.2 Å². The maximum Gasteiger partial charge on any atom is 0.341 e. The van der Waals surface area contributed by atoms with Crippen molar-refractivity contribution in [1.29, 1.82) is 0 Å². The Balaban J connectivity index is 1.62. The number of carbonyl (C=O) groups is 4. The average Bonchev–Trinajstić information content (AvgIpc) is 3.56. The van der Waals surface area contributed by atoms with Gasteiger partial charge < -0.3 is 4.74 Å². The van der Waals surface area contributed by atoms with Gasteiger partial charge in [-0.3, -0.25) is 14.4 Å². The molecule has 1 saturated carbocycles. The van der Waals surface area contributed by atoms with E-state index in [9.17, 15) is 19.2 Å². The standard InChI is InChI=1S/C24H18ClNO5/c1-2-31-24(30)18-9-15(12-7-8-12)16-10-19(25)20(11-17(16)21(18)27)26-22(28)13-5-3-4-6-14(13)23(26)29/h3-6,9-12,15H,2,7-8H2,1H3. The molecule has 1 aliphatic heterocycles. The number of benzene rings is 2. The molecule has 2 amide bonds. The third-order valence-corrected chi connectivity index (χ3v) is 6.28. The van der Waals surface area contributed by atoms with Crippen LogP contribution in [0, 0.1) is 5.92 Å². The van der Waals surface area contributed by atoms with Crippen LogP contribution in [0.1, 0.15) is 62.3 Å². The maximum atomic E-state index is 13.2. The number of Topliss-reactive ketones (excluding diaryl/α,β-unsaturated/α-hetero) is 1. The molecule has 2 aliphatic carbocycles. The number of imide groups is 1. The number of ketones is 1. The second-order valence-electron chi connectivity index (χ2n) is 7.88. The number of carbonyl (C=O) groups excluding carboxylic acids is 4. The Labute approximate surface area is 183 Å². The number of ether oxygens (including phenoxy) is 1. The van der Waals surface area contributed by atoms with Crippen LogP contribution < -0.4 is 4.90 Å². The number of rotatable bonds is 4. The van der Waals surface area contributed by atoms with Crippen molar-refractivity contribution in [2.24, 2.45) is 5.92 Å². The highest BCUT2D eigenvalue weighted by Gasteiger charge is 2.42. The molecule has 0 saturated heterocycles. The molecule has 1 fully saturated rings. The summed E-state index contributed by atoms with van der Waals surface area (Å²) in [6.07, 6.45) is 3.66. The molecule has 1 heterocycles. The van der Waals surface area contributed by atoms with E-state index in [0.717, 1.165) is 17.7 Å². The van der Waals surface area contributed by atoms with Gasteiger partial charge in [-0.1, -0.05) is 29.8 Å². The molecular weight excluding hydrogens is 418 g/mol. The summed E-state index contributed by atoms with van der Waals surface area (Å²) >= 11 is 6.53. The lowest BCUT2D eigenvalue weighted by Crippen LogP contribution is -2.31. The molecule has 7 heteroatoms. The first-order chi connectivity index (χ1) is 14.9. The van der Waals surface area contributed by atoms with Crippen LogP contribution in [0.3, 0.4) is 0 Å². The van der Waals surface area contributed by atoms with Crippen molar-refractivity contribution in [3.63, 3.8) is 0 Å². The van der Waals surface area contributed by atoms with E-state index in [2.05, 4.69) is 0 Å². The predicted molar refractivity (Wildman–Crippen MR) is 114 cm³/mol. The van der Waals surface area contributed by atoms with Gasteiger partial charge >= 0.3 is 5.97 Å². The molecule has 2 aromatic carbocycles. The molecule has 1 unspecified atom stereocenters. The smallest absolute Gasteiger partial charge is 0.341 e. The van der Waals surface area contributed by atoms with E-state index in [0.29, 0.717) is 11.5 Å². The van der Waals surface area contributed by atoms with Crippen molar-refractivity contribution >= 4 is 40.9 Å². The Hall–Kier alpha value is -3.25. The molecule has 5 rings (SSSR count). The molecule has 0 radical (unpaired) electrons. The third kappa shape index (κ3) is 3.01. The Morgan fingerprint density at radius 1 is 1.06 bits per heavy atom. The fourth-order valence-electron chi connectivity index (χ4n) is 4.33. The number of hydrogen-bond acceptors (Lipinski definition) is 5. The highest BCUT2D eigenvalue weighted by atomic mass is 35.5. The van der Waals surface area contributed by atoms with Gasteiger partial charge in [-0.05, 0) is 55.5 Å². The summed E-state index contributed by atoms with van der Waals surface area (Å²) in [7, 11) is 0. The van der Waals surface area contributed by atoms with E-state index in [1.807, 2.05) is 0 Å². The first-order valence-corrected chi connectivity index (χ1v) is 10.5. The molecule has 1 atom stereocenters. The molecule has 31 heavy (non-hydrogen) atoms. The average molecular weight is 436 g/mol. The molecule has 2 aromatic rings. The highest BCUT2D eigenvalue weighted by molar-refractivity contribution is 6.40. The van der Waals surface area contributed by atoms with E-state index in [1.165, 1.54) is 6.07 Å². The number of nitrogens with zero attached hydrogens (tertiary/aromatic N) is 1. The molecule has 156 valence electrons. The normalized spacial score (nSPS) is 19.8. The van der Waals surface area contributed by atoms with Gasteiger partial charge in [0.15, 0.2) is 5.78 Å². The van der Waals surface area contributed by atoms with Gasteiger partial charge in [0.05, 0.1) is 28.4 Å². The molecule has 6 nitrogen and oxygen atoms in total. The van der Waals surface area contributed by atoms with Crippen molar-refractivity contribution < 1.29 is 23.9 Å². The predicted octanol–water partition coefficient (Wildman–Crippen LogP) is 4.32. The lowest BCUT2D eigenvalue weighted by Gasteiger charge is -2.26. The number of halogens is 1. The van der Waals surface area contributed by atoms with Crippen molar-refractivity contribution in [3.8, 4) is 0 Å². The van der Waals surface area contributed by atoms with Gasteiger partial charge in [0.25, 0.3) is 11.8 Å². The van der Waals surface area contributed by atoms with E-state index in [-0.39, 0.29) is 45.5 Å². The van der Waals surface area contributed by atoms with Crippen LogP contribution in [0.4, 0.5) is 5.69 Å². The van der Waals surface area contributed by atoms with Crippen molar-refractivity contribution in [2.45, 2.75) is 25.7 Å². The van der Waals surface area contributed by atoms with Gasteiger partial charge in [-0.25, -0.2) is 9.69 Å². The number of allylic oxidation sites excluding steroid dienone is 1. The molecule has 0 spiro atoms. The second-order valence-corrected chi connectivity index (χ2v) is 8.28. The minimum atomic E-state index is -0.666. The molecule has 0 N–H and O–H groups in total. The Bertz CT molecular complexity index is 1180. The zero-order valence-corrected chi connectivity index (χ0v) is 17.4. The summed E-state index contributed by atoms with van der Waals surface area (Å²) in [6.45, 7) is 1.84. The van der Waals surface area contributed by atoms with E-state index in [1.54, 1.807) is 43.3 Å². The molecular formula is C24H18ClNO5. The number of fused-ring (bicyclic) bond motifs is 2. The van der Waals surface area contributed by atoms with Crippen LogP contribution in [0.2, 0.25) is 5.02 Å². The fraction of sp³-hybridized carbons (Fsp3) is 0.250. The van der Waals surface area contributed by atoms with Gasteiger partial charge in [0.1, 0.15) is 5.57 Å². The van der Waals surface area contributed by atoms with E-state index >= 15 is 0 Å². The zero-order chi connectivity index (χ0) is 21.9. The third-order valence-electron chi connectivity index (χ3n) is 5.97. The SMILES string of the molecule is CCOC(=O)C1=CC(C2CC2)c2cc(Cl)c(N3C(=O)c4ccccc4C3=O)cc2C1=O. The largest absolute Gasteiger partial charge is 0.462 e. The minimum absolute atomic E-state index is 0.0121. The monoisotopic (exact) mass is 435 g/mol. The summed E-state index contributed by atoms with van der Waals surface area (Å²) in [5.74, 6) is -1.96. The summed E-state index contributed by atoms with van der Waals surface area (Å²) in [6, 6.07) is 9.64. The number of amides is 2. The first-order valence-electron chi connectivity index (χ1n) is 10.2. The van der Waals surface area contributed by atoms with Crippen LogP contribution in [0.25, 0.3) is 0 Å².